The maximum Gasteiger partial charge on any atom is 0.326 e. The summed E-state index contributed by atoms with van der Waals surface area (Å²) in [6.45, 7) is -0.484. The highest BCUT2D eigenvalue weighted by Crippen LogP contribution is 2.19. The van der Waals surface area contributed by atoms with Gasteiger partial charge in [-0.3, -0.25) is 14.4 Å². The van der Waals surface area contributed by atoms with Gasteiger partial charge >= 0.3 is 5.97 Å². The molecule has 8 N–H and O–H groups in total. The highest BCUT2D eigenvalue weighted by molar-refractivity contribution is 5.93. The van der Waals surface area contributed by atoms with Crippen LogP contribution in [-0.4, -0.2) is 68.4 Å². The maximum absolute atomic E-state index is 13.0. The highest BCUT2D eigenvalue weighted by atomic mass is 16.4. The Morgan fingerprint density at radius 3 is 2.35 bits per heavy atom. The lowest BCUT2D eigenvalue weighted by atomic mass is 10.0. The molecule has 0 spiro atoms. The molecule has 3 atom stereocenters. The van der Waals surface area contributed by atoms with Crippen molar-refractivity contribution in [3.05, 3.63) is 90.1 Å². The minimum Gasteiger partial charge on any atom is -0.480 e. The van der Waals surface area contributed by atoms with Crippen LogP contribution in [0.2, 0.25) is 0 Å². The van der Waals surface area contributed by atoms with Crippen LogP contribution in [0.4, 0.5) is 0 Å². The van der Waals surface area contributed by atoms with Crippen molar-refractivity contribution in [2.75, 3.05) is 6.54 Å². The van der Waals surface area contributed by atoms with Gasteiger partial charge in [-0.2, -0.15) is 0 Å². The number of aromatic amines is 2. The molecule has 2 heterocycles. The number of fused-ring (bicyclic) bond motifs is 1. The molecule has 0 saturated heterocycles. The number of aliphatic carboxylic acids is 1. The first-order valence-corrected chi connectivity index (χ1v) is 12.7. The molecule has 4 aromatic rings. The summed E-state index contributed by atoms with van der Waals surface area (Å²) in [5.74, 6) is -3.05. The molecule has 40 heavy (non-hydrogen) atoms. The Morgan fingerprint density at radius 1 is 0.875 bits per heavy atom. The molecule has 3 unspecified atom stereocenters. The summed E-state index contributed by atoms with van der Waals surface area (Å²) in [6.07, 6.45) is 5.08. The molecule has 2 aromatic heterocycles. The Balaban J connectivity index is 1.35. The number of carboxylic acids is 1. The molecular weight excluding hydrogens is 514 g/mol. The first-order valence-electron chi connectivity index (χ1n) is 12.7. The summed E-state index contributed by atoms with van der Waals surface area (Å²) in [5.41, 5.74) is 9.14. The molecule has 0 fully saturated rings. The van der Waals surface area contributed by atoms with Crippen LogP contribution in [0.1, 0.15) is 16.8 Å². The molecule has 0 bridgehead atoms. The zero-order valence-electron chi connectivity index (χ0n) is 21.6. The van der Waals surface area contributed by atoms with Gasteiger partial charge in [-0.05, 0) is 23.6 Å². The number of carboxylic acid groups (broad SMARTS) is 1. The molecule has 12 heteroatoms. The fourth-order valence-electron chi connectivity index (χ4n) is 4.32. The smallest absolute Gasteiger partial charge is 0.326 e. The van der Waals surface area contributed by atoms with Gasteiger partial charge in [0.2, 0.25) is 17.7 Å². The van der Waals surface area contributed by atoms with Crippen LogP contribution < -0.4 is 21.7 Å². The second-order valence-corrected chi connectivity index (χ2v) is 9.38. The zero-order chi connectivity index (χ0) is 28.5. The molecule has 2 aromatic carbocycles. The summed E-state index contributed by atoms with van der Waals surface area (Å²) < 4.78 is 0. The molecule has 12 nitrogen and oxygen atoms in total. The fourth-order valence-corrected chi connectivity index (χ4v) is 4.32. The van der Waals surface area contributed by atoms with E-state index < -0.39 is 48.4 Å². The third-order valence-electron chi connectivity index (χ3n) is 6.40. The minimum atomic E-state index is -1.21. The lowest BCUT2D eigenvalue weighted by Gasteiger charge is -2.21. The molecule has 4 rings (SSSR count). The molecule has 208 valence electrons. The number of para-hydroxylation sites is 1. The number of hydrogen-bond acceptors (Lipinski definition) is 6. The number of aromatic nitrogens is 3. The van der Waals surface area contributed by atoms with Crippen LogP contribution in [0.3, 0.4) is 0 Å². The van der Waals surface area contributed by atoms with E-state index in [0.29, 0.717) is 5.69 Å². The molecule has 0 aliphatic heterocycles. The number of hydrogen-bond donors (Lipinski definition) is 7. The van der Waals surface area contributed by atoms with Gasteiger partial charge in [0.05, 0.1) is 18.9 Å². The van der Waals surface area contributed by atoms with E-state index in [4.69, 9.17) is 5.73 Å². The Morgan fingerprint density at radius 2 is 1.62 bits per heavy atom. The van der Waals surface area contributed by atoms with E-state index in [1.165, 1.54) is 12.5 Å². The Hall–Kier alpha value is -4.97. The zero-order valence-corrected chi connectivity index (χ0v) is 21.6. The van der Waals surface area contributed by atoms with E-state index in [1.54, 1.807) is 6.20 Å². The van der Waals surface area contributed by atoms with Crippen molar-refractivity contribution in [3.8, 4) is 0 Å². The molecule has 0 radical (unpaired) electrons. The number of nitrogens with zero attached hydrogens (tertiary/aromatic N) is 1. The number of carbonyl (C=O) groups excluding carboxylic acids is 3. The first kappa shape index (κ1) is 28.0. The minimum absolute atomic E-state index is 0.0524. The van der Waals surface area contributed by atoms with Crippen molar-refractivity contribution in [2.45, 2.75) is 37.4 Å². The lowest BCUT2D eigenvalue weighted by molar-refractivity contribution is -0.141. The lowest BCUT2D eigenvalue weighted by Crippen LogP contribution is -2.54. The van der Waals surface area contributed by atoms with Gasteiger partial charge in [-0.1, -0.05) is 48.5 Å². The second kappa shape index (κ2) is 13.2. The van der Waals surface area contributed by atoms with Crippen LogP contribution in [0.15, 0.2) is 73.3 Å². The maximum atomic E-state index is 13.0. The Bertz CT molecular complexity index is 1450. The highest BCUT2D eigenvalue weighted by Gasteiger charge is 2.26. The second-order valence-electron chi connectivity index (χ2n) is 9.38. The Labute approximate surface area is 229 Å². The average molecular weight is 546 g/mol. The number of nitrogens with one attached hydrogen (secondary N) is 5. The van der Waals surface area contributed by atoms with Crippen molar-refractivity contribution >= 4 is 34.6 Å². The first-order chi connectivity index (χ1) is 19.3. The van der Waals surface area contributed by atoms with Gasteiger partial charge in [-0.15, -0.1) is 0 Å². The van der Waals surface area contributed by atoms with E-state index in [0.717, 1.165) is 22.0 Å². The van der Waals surface area contributed by atoms with Gasteiger partial charge in [0.25, 0.3) is 0 Å². The van der Waals surface area contributed by atoms with Crippen LogP contribution in [0.25, 0.3) is 10.9 Å². The van der Waals surface area contributed by atoms with E-state index in [2.05, 4.69) is 30.9 Å². The number of benzene rings is 2. The van der Waals surface area contributed by atoms with E-state index in [9.17, 15) is 24.3 Å². The largest absolute Gasteiger partial charge is 0.480 e. The summed E-state index contributed by atoms with van der Waals surface area (Å²) in [6, 6.07) is 13.5. The van der Waals surface area contributed by atoms with Crippen LogP contribution in [0, 0.1) is 0 Å². The number of amides is 3. The number of H-pyrrole nitrogens is 2. The van der Waals surface area contributed by atoms with Crippen molar-refractivity contribution in [1.82, 2.24) is 30.9 Å². The van der Waals surface area contributed by atoms with E-state index in [-0.39, 0.29) is 19.3 Å². The van der Waals surface area contributed by atoms with Crippen molar-refractivity contribution in [1.29, 1.82) is 0 Å². The average Bonchev–Trinajstić information content (AvgIpc) is 3.61. The molecule has 3 amide bonds. The number of rotatable bonds is 13. The van der Waals surface area contributed by atoms with Crippen molar-refractivity contribution in [3.63, 3.8) is 0 Å². The van der Waals surface area contributed by atoms with Crippen molar-refractivity contribution in [2.24, 2.45) is 5.73 Å². The monoisotopic (exact) mass is 545 g/mol. The predicted molar refractivity (Wildman–Crippen MR) is 147 cm³/mol. The third-order valence-corrected chi connectivity index (χ3v) is 6.40. The molecular formula is C28H31N7O5. The van der Waals surface area contributed by atoms with E-state index in [1.807, 2.05) is 54.6 Å². The molecule has 0 aliphatic rings. The third kappa shape index (κ3) is 7.54. The van der Waals surface area contributed by atoms with Gasteiger partial charge in [0.15, 0.2) is 0 Å². The quantitative estimate of drug-likeness (QED) is 0.126. The number of nitrogens with two attached hydrogens (primary N) is 1. The summed E-state index contributed by atoms with van der Waals surface area (Å²) in [4.78, 5) is 60.2. The Kier molecular flexibility index (Phi) is 9.26. The van der Waals surface area contributed by atoms with Crippen LogP contribution in [-0.2, 0) is 38.4 Å². The normalized spacial score (nSPS) is 13.2. The van der Waals surface area contributed by atoms with Crippen LogP contribution in [0.5, 0.6) is 0 Å². The van der Waals surface area contributed by atoms with Gasteiger partial charge in [0.1, 0.15) is 12.1 Å². The number of carbonyl (C=O) groups is 4. The topological polar surface area (TPSA) is 195 Å². The summed E-state index contributed by atoms with van der Waals surface area (Å²) in [5, 5.41) is 18.1. The fraction of sp³-hybridized carbons (Fsp3) is 0.250. The summed E-state index contributed by atoms with van der Waals surface area (Å²) >= 11 is 0. The van der Waals surface area contributed by atoms with Gasteiger partial charge in [0, 0.05) is 41.8 Å². The van der Waals surface area contributed by atoms with Gasteiger partial charge < -0.3 is 36.8 Å². The summed E-state index contributed by atoms with van der Waals surface area (Å²) in [7, 11) is 0. The predicted octanol–water partition coefficient (Wildman–Crippen LogP) is 0.417. The molecule has 0 aliphatic carbocycles. The van der Waals surface area contributed by atoms with Crippen molar-refractivity contribution < 1.29 is 24.3 Å². The molecule has 0 saturated carbocycles. The number of imidazole rings is 1. The standard InChI is InChI=1S/C28H31N7O5/c29-21(10-17-6-2-1-3-7-17)26(37)35-23(12-19-14-30-16-33-19)27(38)32-15-25(36)34-24(28(39)40)11-18-13-31-22-9-5-4-8-20(18)22/h1-9,13-14,16,21,23-24,31H,10-12,15,29H2,(H,30,33)(H,32,38)(H,34,36)(H,35,37)(H,39,40). The SMILES string of the molecule is NC(Cc1ccccc1)C(=O)NC(Cc1cnc[nH]1)C(=O)NCC(=O)NC(Cc1c[nH]c2ccccc12)C(=O)O. The van der Waals surface area contributed by atoms with Gasteiger partial charge in [-0.25, -0.2) is 9.78 Å². The van der Waals surface area contributed by atoms with Crippen LogP contribution >= 0.6 is 0 Å². The van der Waals surface area contributed by atoms with E-state index >= 15 is 0 Å².